The Hall–Kier alpha value is -3.54. The molecule has 41 heavy (non-hydrogen) atoms. The number of aliphatic carboxylic acids is 1. The summed E-state index contributed by atoms with van der Waals surface area (Å²) >= 11 is 0. The van der Waals surface area contributed by atoms with Crippen molar-refractivity contribution >= 4 is 24.4 Å². The zero-order valence-corrected chi connectivity index (χ0v) is 25.2. The molecular weight excluding hydrogens is 538 g/mol. The number of ether oxygens (including phenoxy) is 6. The topological polar surface area (TPSA) is 170 Å². The van der Waals surface area contributed by atoms with Gasteiger partial charge >= 0.3 is 24.4 Å². The molecule has 12 heteroatoms. The number of nitrogens with two attached hydrogens (primary N) is 1. The molecule has 3 N–H and O–H groups in total. The van der Waals surface area contributed by atoms with Crippen LogP contribution in [0.2, 0.25) is 0 Å². The van der Waals surface area contributed by atoms with Gasteiger partial charge in [0.25, 0.3) is 0 Å². The Morgan fingerprint density at radius 1 is 0.805 bits per heavy atom. The number of rotatable bonds is 15. The highest BCUT2D eigenvalue weighted by Crippen LogP contribution is 2.35. The average molecular weight is 584 g/mol. The first-order valence-corrected chi connectivity index (χ1v) is 13.9. The van der Waals surface area contributed by atoms with Gasteiger partial charge in [0.1, 0.15) is 24.4 Å². The second-order valence-corrected chi connectivity index (χ2v) is 10.6. The SMILES string of the molecule is CCCCOC(=O)OC(C)CC(c1ccc(OC(=O)OC(C)C(C)C)c(OC(=O)OC(C)C(C)C)c1)[C@H](N)C(=O)O. The fraction of sp³-hybridized carbons (Fsp3) is 0.655. The molecule has 1 aromatic carbocycles. The zero-order chi connectivity index (χ0) is 31.3. The molecule has 0 radical (unpaired) electrons. The summed E-state index contributed by atoms with van der Waals surface area (Å²) in [6, 6.07) is 2.72. The van der Waals surface area contributed by atoms with Gasteiger partial charge in [-0.1, -0.05) is 47.1 Å². The van der Waals surface area contributed by atoms with Crippen LogP contribution in [-0.2, 0) is 23.7 Å². The summed E-state index contributed by atoms with van der Waals surface area (Å²) in [5.74, 6) is -2.54. The van der Waals surface area contributed by atoms with Crippen LogP contribution in [0, 0.1) is 11.8 Å². The second-order valence-electron chi connectivity index (χ2n) is 10.6. The summed E-state index contributed by atoms with van der Waals surface area (Å²) in [6.07, 6.45) is -3.14. The van der Waals surface area contributed by atoms with Crippen molar-refractivity contribution < 1.29 is 52.7 Å². The number of unbranched alkanes of at least 4 members (excludes halogenated alkanes) is 1. The van der Waals surface area contributed by atoms with E-state index in [1.807, 2.05) is 34.6 Å². The number of carbonyl (C=O) groups is 4. The molecule has 0 bridgehead atoms. The van der Waals surface area contributed by atoms with Crippen LogP contribution in [0.3, 0.4) is 0 Å². The van der Waals surface area contributed by atoms with Crippen molar-refractivity contribution in [2.24, 2.45) is 17.6 Å². The largest absolute Gasteiger partial charge is 0.514 e. The van der Waals surface area contributed by atoms with Gasteiger partial charge in [-0.25, -0.2) is 14.4 Å². The number of carboxylic acid groups (broad SMARTS) is 1. The molecule has 1 aromatic rings. The molecule has 0 aliphatic carbocycles. The van der Waals surface area contributed by atoms with Crippen LogP contribution in [0.1, 0.15) is 86.1 Å². The Balaban J connectivity index is 3.32. The molecule has 232 valence electrons. The standard InChI is InChI=1S/C29H45NO11/c1-9-10-13-36-27(33)37-18(6)14-22(25(30)26(31)32)21-11-12-23(40-28(34)38-19(7)16(2)3)24(15-21)41-29(35)39-20(8)17(4)5/h11-12,15-20,22,25H,9-10,13-14,30H2,1-8H3,(H,31,32)/t18?,19?,20?,22?,25-/m0/s1. The molecule has 0 saturated heterocycles. The lowest BCUT2D eigenvalue weighted by Crippen LogP contribution is -2.38. The molecule has 0 aliphatic heterocycles. The van der Waals surface area contributed by atoms with Crippen LogP contribution in [0.15, 0.2) is 18.2 Å². The highest BCUT2D eigenvalue weighted by Gasteiger charge is 2.31. The van der Waals surface area contributed by atoms with Gasteiger partial charge in [0.15, 0.2) is 11.5 Å². The van der Waals surface area contributed by atoms with E-state index < -0.39 is 54.7 Å². The summed E-state index contributed by atoms with van der Waals surface area (Å²) in [7, 11) is 0. The Morgan fingerprint density at radius 3 is 1.83 bits per heavy atom. The molecule has 0 fully saturated rings. The summed E-state index contributed by atoms with van der Waals surface area (Å²) in [5.41, 5.74) is 6.34. The molecule has 0 heterocycles. The minimum Gasteiger partial charge on any atom is -0.480 e. The Labute approximate surface area is 241 Å². The van der Waals surface area contributed by atoms with E-state index in [9.17, 15) is 24.3 Å². The van der Waals surface area contributed by atoms with Crippen molar-refractivity contribution in [3.63, 3.8) is 0 Å². The normalized spacial score (nSPS) is 14.8. The van der Waals surface area contributed by atoms with Crippen LogP contribution < -0.4 is 15.2 Å². The van der Waals surface area contributed by atoms with Gasteiger partial charge in [0.05, 0.1) is 6.61 Å². The molecule has 0 saturated carbocycles. The third-order valence-corrected chi connectivity index (χ3v) is 6.54. The molecule has 0 spiro atoms. The van der Waals surface area contributed by atoms with Gasteiger partial charge in [-0.3, -0.25) is 4.79 Å². The average Bonchev–Trinajstić information content (AvgIpc) is 2.87. The van der Waals surface area contributed by atoms with E-state index >= 15 is 0 Å². The maximum Gasteiger partial charge on any atom is 0.514 e. The molecule has 0 amide bonds. The van der Waals surface area contributed by atoms with Crippen molar-refractivity contribution in [3.05, 3.63) is 23.8 Å². The molecular formula is C29H45NO11. The highest BCUT2D eigenvalue weighted by atomic mass is 16.8. The fourth-order valence-electron chi connectivity index (χ4n) is 3.29. The Morgan fingerprint density at radius 2 is 1.34 bits per heavy atom. The van der Waals surface area contributed by atoms with Crippen molar-refractivity contribution in [3.8, 4) is 11.5 Å². The van der Waals surface area contributed by atoms with Crippen LogP contribution in [-0.4, -0.2) is 60.5 Å². The predicted molar refractivity (Wildman–Crippen MR) is 149 cm³/mol. The van der Waals surface area contributed by atoms with E-state index in [-0.39, 0.29) is 36.4 Å². The first-order chi connectivity index (χ1) is 19.2. The van der Waals surface area contributed by atoms with Crippen LogP contribution in [0.4, 0.5) is 14.4 Å². The predicted octanol–water partition coefficient (Wildman–Crippen LogP) is 6.03. The van der Waals surface area contributed by atoms with E-state index in [1.54, 1.807) is 20.8 Å². The monoisotopic (exact) mass is 583 g/mol. The molecule has 12 nitrogen and oxygen atoms in total. The van der Waals surface area contributed by atoms with Crippen molar-refractivity contribution in [2.75, 3.05) is 6.61 Å². The maximum absolute atomic E-state index is 12.6. The lowest BCUT2D eigenvalue weighted by atomic mass is 9.87. The summed E-state index contributed by atoms with van der Waals surface area (Å²) in [6.45, 7) is 14.6. The van der Waals surface area contributed by atoms with Gasteiger partial charge in [-0.15, -0.1) is 0 Å². The van der Waals surface area contributed by atoms with Gasteiger partial charge in [0.2, 0.25) is 0 Å². The zero-order valence-electron chi connectivity index (χ0n) is 25.2. The summed E-state index contributed by atoms with van der Waals surface area (Å²) < 4.78 is 31.5. The smallest absolute Gasteiger partial charge is 0.480 e. The molecule has 4 unspecified atom stereocenters. The minimum atomic E-state index is -1.42. The number of carbonyl (C=O) groups excluding carboxylic acids is 3. The molecule has 5 atom stereocenters. The van der Waals surface area contributed by atoms with Gasteiger partial charge < -0.3 is 39.3 Å². The second kappa shape index (κ2) is 17.3. The lowest BCUT2D eigenvalue weighted by molar-refractivity contribution is -0.139. The van der Waals surface area contributed by atoms with E-state index in [0.717, 1.165) is 6.42 Å². The fourth-order valence-corrected chi connectivity index (χ4v) is 3.29. The van der Waals surface area contributed by atoms with Gasteiger partial charge in [-0.2, -0.15) is 0 Å². The molecule has 0 aliphatic rings. The molecule has 0 aromatic heterocycles. The quantitative estimate of drug-likeness (QED) is 0.106. The van der Waals surface area contributed by atoms with E-state index in [2.05, 4.69) is 0 Å². The Kier molecular flexibility index (Phi) is 15.0. The van der Waals surface area contributed by atoms with Crippen molar-refractivity contribution in [1.82, 2.24) is 0 Å². The van der Waals surface area contributed by atoms with Gasteiger partial charge in [0, 0.05) is 5.92 Å². The summed E-state index contributed by atoms with van der Waals surface area (Å²) in [5, 5.41) is 9.67. The van der Waals surface area contributed by atoms with E-state index in [4.69, 9.17) is 34.2 Å². The third kappa shape index (κ3) is 12.7. The Bertz CT molecular complexity index is 1010. The maximum atomic E-state index is 12.6. The van der Waals surface area contributed by atoms with Crippen LogP contribution >= 0.6 is 0 Å². The third-order valence-electron chi connectivity index (χ3n) is 6.54. The molecule has 1 rings (SSSR count). The number of hydrogen-bond donors (Lipinski definition) is 2. The van der Waals surface area contributed by atoms with Gasteiger partial charge in [-0.05, 0) is 63.1 Å². The van der Waals surface area contributed by atoms with Crippen molar-refractivity contribution in [1.29, 1.82) is 0 Å². The summed E-state index contributed by atoms with van der Waals surface area (Å²) in [4.78, 5) is 48.8. The van der Waals surface area contributed by atoms with Crippen LogP contribution in [0.5, 0.6) is 11.5 Å². The number of hydrogen-bond acceptors (Lipinski definition) is 11. The lowest BCUT2D eigenvalue weighted by Gasteiger charge is -2.25. The minimum absolute atomic E-state index is 0.00123. The first-order valence-electron chi connectivity index (χ1n) is 13.9. The number of benzene rings is 1. The van der Waals surface area contributed by atoms with E-state index in [1.165, 1.54) is 18.2 Å². The van der Waals surface area contributed by atoms with Crippen molar-refractivity contribution in [2.45, 2.75) is 105 Å². The number of carboxylic acids is 1. The first kappa shape index (κ1) is 35.5. The van der Waals surface area contributed by atoms with E-state index in [0.29, 0.717) is 12.0 Å². The highest BCUT2D eigenvalue weighted by molar-refractivity contribution is 5.75. The van der Waals surface area contributed by atoms with Crippen LogP contribution in [0.25, 0.3) is 0 Å².